The molecule has 0 bridgehead atoms. The Labute approximate surface area is 137 Å². The summed E-state index contributed by atoms with van der Waals surface area (Å²) < 4.78 is 22.2. The molecule has 0 rings (SSSR count). The molecule has 4 nitrogen and oxygen atoms in total. The smallest absolute Gasteiger partial charge is 0.157 e. The van der Waals surface area contributed by atoms with E-state index in [1.54, 1.807) is 0 Å². The highest BCUT2D eigenvalue weighted by atomic mass is 16.7. The summed E-state index contributed by atoms with van der Waals surface area (Å²) in [6.45, 7) is 11.0. The maximum absolute atomic E-state index is 5.55. The van der Waals surface area contributed by atoms with Gasteiger partial charge in [-0.05, 0) is 53.4 Å². The summed E-state index contributed by atoms with van der Waals surface area (Å²) in [4.78, 5) is 0. The predicted octanol–water partition coefficient (Wildman–Crippen LogP) is 4.91. The Kier molecular flexibility index (Phi) is 17.1. The van der Waals surface area contributed by atoms with E-state index >= 15 is 0 Å². The van der Waals surface area contributed by atoms with Gasteiger partial charge in [0.1, 0.15) is 0 Å². The lowest BCUT2D eigenvalue weighted by atomic mass is 10.1. The van der Waals surface area contributed by atoms with Crippen LogP contribution in [0.15, 0.2) is 0 Å². The van der Waals surface area contributed by atoms with Gasteiger partial charge in [0.2, 0.25) is 0 Å². The van der Waals surface area contributed by atoms with E-state index in [0.29, 0.717) is 0 Å². The van der Waals surface area contributed by atoms with Gasteiger partial charge in [0.25, 0.3) is 0 Å². The molecular weight excluding hydrogens is 280 g/mol. The van der Waals surface area contributed by atoms with E-state index in [2.05, 4.69) is 0 Å². The molecule has 0 aromatic heterocycles. The van der Waals surface area contributed by atoms with Gasteiger partial charge in [0.05, 0.1) is 0 Å². The molecule has 0 fully saturated rings. The minimum atomic E-state index is -0.00635. The van der Waals surface area contributed by atoms with Gasteiger partial charge >= 0.3 is 0 Å². The molecule has 0 saturated carbocycles. The van der Waals surface area contributed by atoms with E-state index < -0.39 is 0 Å². The molecule has 134 valence electrons. The second-order valence-electron chi connectivity index (χ2n) is 5.38. The SMILES string of the molecule is CCOC(CCCCCCCCC(OCC)OCC)OCC. The molecule has 22 heavy (non-hydrogen) atoms. The third-order valence-corrected chi connectivity index (χ3v) is 3.54. The van der Waals surface area contributed by atoms with Crippen molar-refractivity contribution < 1.29 is 18.9 Å². The molecule has 0 N–H and O–H groups in total. The number of hydrogen-bond acceptors (Lipinski definition) is 4. The first kappa shape index (κ1) is 21.8. The molecular formula is C18H38O4. The summed E-state index contributed by atoms with van der Waals surface area (Å²) in [7, 11) is 0. The van der Waals surface area contributed by atoms with E-state index in [0.717, 1.165) is 39.3 Å². The Morgan fingerprint density at radius 2 is 0.727 bits per heavy atom. The molecule has 0 spiro atoms. The van der Waals surface area contributed by atoms with Crippen LogP contribution < -0.4 is 0 Å². The minimum absolute atomic E-state index is 0.00635. The summed E-state index contributed by atoms with van der Waals surface area (Å²) in [5.74, 6) is 0. The largest absolute Gasteiger partial charge is 0.353 e. The topological polar surface area (TPSA) is 36.9 Å². The van der Waals surface area contributed by atoms with Gasteiger partial charge in [-0.3, -0.25) is 0 Å². The van der Waals surface area contributed by atoms with E-state index in [4.69, 9.17) is 18.9 Å². The summed E-state index contributed by atoms with van der Waals surface area (Å²) in [5.41, 5.74) is 0. The number of hydrogen-bond donors (Lipinski definition) is 0. The molecule has 0 amide bonds. The summed E-state index contributed by atoms with van der Waals surface area (Å²) in [5, 5.41) is 0. The monoisotopic (exact) mass is 318 g/mol. The van der Waals surface area contributed by atoms with Crippen LogP contribution >= 0.6 is 0 Å². The highest BCUT2D eigenvalue weighted by molar-refractivity contribution is 4.51. The van der Waals surface area contributed by atoms with Crippen LogP contribution in [0, 0.1) is 0 Å². The van der Waals surface area contributed by atoms with Gasteiger partial charge in [-0.25, -0.2) is 0 Å². The molecule has 0 aromatic carbocycles. The van der Waals surface area contributed by atoms with E-state index in [9.17, 15) is 0 Å². The van der Waals surface area contributed by atoms with Crippen molar-refractivity contribution in [1.29, 1.82) is 0 Å². The van der Waals surface area contributed by atoms with Gasteiger partial charge in [-0.15, -0.1) is 0 Å². The zero-order valence-corrected chi connectivity index (χ0v) is 15.3. The van der Waals surface area contributed by atoms with Gasteiger partial charge in [0, 0.05) is 26.4 Å². The highest BCUT2D eigenvalue weighted by Crippen LogP contribution is 2.14. The van der Waals surface area contributed by atoms with Crippen molar-refractivity contribution in [2.45, 2.75) is 91.6 Å². The maximum Gasteiger partial charge on any atom is 0.157 e. The Morgan fingerprint density at radius 3 is 1.00 bits per heavy atom. The molecule has 0 radical (unpaired) electrons. The van der Waals surface area contributed by atoms with Crippen LogP contribution in [0.25, 0.3) is 0 Å². The normalized spacial score (nSPS) is 11.7. The Hall–Kier alpha value is -0.160. The summed E-state index contributed by atoms with van der Waals surface area (Å²) in [6, 6.07) is 0. The predicted molar refractivity (Wildman–Crippen MR) is 91.0 cm³/mol. The van der Waals surface area contributed by atoms with Crippen molar-refractivity contribution in [3.05, 3.63) is 0 Å². The highest BCUT2D eigenvalue weighted by Gasteiger charge is 2.08. The average molecular weight is 318 g/mol. The maximum atomic E-state index is 5.55. The van der Waals surface area contributed by atoms with Crippen LogP contribution in [-0.4, -0.2) is 39.0 Å². The standard InChI is InChI=1S/C18H38O4/c1-5-19-17(20-6-2)15-13-11-9-10-12-14-16-18(21-7-3)22-8-4/h17-18H,5-16H2,1-4H3. The Bertz CT molecular complexity index is 177. The van der Waals surface area contributed by atoms with Crippen LogP contribution in [0.4, 0.5) is 0 Å². The first-order valence-corrected chi connectivity index (χ1v) is 9.24. The van der Waals surface area contributed by atoms with Crippen molar-refractivity contribution in [2.24, 2.45) is 0 Å². The van der Waals surface area contributed by atoms with Crippen LogP contribution in [0.5, 0.6) is 0 Å². The van der Waals surface area contributed by atoms with Crippen molar-refractivity contribution in [3.8, 4) is 0 Å². The molecule has 0 aliphatic heterocycles. The van der Waals surface area contributed by atoms with Gasteiger partial charge < -0.3 is 18.9 Å². The molecule has 4 heteroatoms. The molecule has 0 heterocycles. The number of ether oxygens (including phenoxy) is 4. The fourth-order valence-electron chi connectivity index (χ4n) is 2.50. The van der Waals surface area contributed by atoms with Gasteiger partial charge in [0.15, 0.2) is 12.6 Å². The third kappa shape index (κ3) is 13.5. The number of rotatable bonds is 17. The Balaban J connectivity index is 3.44. The lowest BCUT2D eigenvalue weighted by Gasteiger charge is -2.17. The molecule has 0 unspecified atom stereocenters. The molecule has 0 saturated heterocycles. The lowest BCUT2D eigenvalue weighted by Crippen LogP contribution is -2.17. The first-order valence-electron chi connectivity index (χ1n) is 9.24. The van der Waals surface area contributed by atoms with Crippen LogP contribution in [0.2, 0.25) is 0 Å². The second kappa shape index (κ2) is 17.2. The van der Waals surface area contributed by atoms with Crippen LogP contribution in [0.1, 0.15) is 79.1 Å². The fourth-order valence-corrected chi connectivity index (χ4v) is 2.50. The molecule has 0 aromatic rings. The summed E-state index contributed by atoms with van der Waals surface area (Å²) >= 11 is 0. The zero-order chi connectivity index (χ0) is 16.5. The molecule has 0 atom stereocenters. The van der Waals surface area contributed by atoms with Crippen molar-refractivity contribution >= 4 is 0 Å². The molecule has 0 aliphatic rings. The van der Waals surface area contributed by atoms with Crippen molar-refractivity contribution in [3.63, 3.8) is 0 Å². The Morgan fingerprint density at radius 1 is 0.455 bits per heavy atom. The van der Waals surface area contributed by atoms with Crippen molar-refractivity contribution in [2.75, 3.05) is 26.4 Å². The fraction of sp³-hybridized carbons (Fsp3) is 1.00. The first-order chi connectivity index (χ1) is 10.8. The van der Waals surface area contributed by atoms with Gasteiger partial charge in [-0.2, -0.15) is 0 Å². The minimum Gasteiger partial charge on any atom is -0.353 e. The van der Waals surface area contributed by atoms with Crippen molar-refractivity contribution in [1.82, 2.24) is 0 Å². The van der Waals surface area contributed by atoms with E-state index in [1.165, 1.54) is 38.5 Å². The van der Waals surface area contributed by atoms with Crippen LogP contribution in [0.3, 0.4) is 0 Å². The van der Waals surface area contributed by atoms with Gasteiger partial charge in [-0.1, -0.05) is 25.7 Å². The van der Waals surface area contributed by atoms with Crippen LogP contribution in [-0.2, 0) is 18.9 Å². The van der Waals surface area contributed by atoms with E-state index in [-0.39, 0.29) is 12.6 Å². The average Bonchev–Trinajstić information content (AvgIpc) is 2.50. The quantitative estimate of drug-likeness (QED) is 0.282. The number of unbranched alkanes of at least 4 members (excludes halogenated alkanes) is 5. The zero-order valence-electron chi connectivity index (χ0n) is 15.3. The third-order valence-electron chi connectivity index (χ3n) is 3.54. The van der Waals surface area contributed by atoms with E-state index in [1.807, 2.05) is 27.7 Å². The molecule has 0 aliphatic carbocycles. The summed E-state index contributed by atoms with van der Waals surface area (Å²) in [6.07, 6.45) is 9.49. The lowest BCUT2D eigenvalue weighted by molar-refractivity contribution is -0.140. The second-order valence-corrected chi connectivity index (χ2v) is 5.38.